The van der Waals surface area contributed by atoms with Crippen molar-refractivity contribution in [1.82, 2.24) is 26.0 Å². The topological polar surface area (TPSA) is 237 Å². The molecule has 442 valence electrons. The summed E-state index contributed by atoms with van der Waals surface area (Å²) in [6.07, 6.45) is 0.898. The zero-order chi connectivity index (χ0) is 60.8. The second-order valence-electron chi connectivity index (χ2n) is 20.6. The smallest absolute Gasteiger partial charge is 0.322 e. The maximum Gasteiger partial charge on any atom is 0.322 e. The molecule has 0 radical (unpaired) electrons. The Morgan fingerprint density at radius 2 is 0.965 bits per heavy atom. The number of sulfonamides is 1. The Kier molecular flexibility index (Phi) is 23.5. The van der Waals surface area contributed by atoms with Gasteiger partial charge >= 0.3 is 5.97 Å². The first-order valence-corrected chi connectivity index (χ1v) is 31.4. The Bertz CT molecular complexity index is 3260. The lowest BCUT2D eigenvalue weighted by Gasteiger charge is -2.37. The van der Waals surface area contributed by atoms with Gasteiger partial charge in [0.15, 0.2) is 0 Å². The molecule has 7 rings (SSSR count). The third-order valence-electron chi connectivity index (χ3n) is 14.1. The summed E-state index contributed by atoms with van der Waals surface area (Å²) in [6, 6.07) is 60.9. The minimum atomic E-state index is -4.35. The number of hydrogen-bond acceptors (Lipinski definition) is 11. The zero-order valence-electron chi connectivity index (χ0n) is 47.5. The molecule has 0 saturated heterocycles. The fraction of sp³-hybridized carbons (Fsp3) is 0.254. The lowest BCUT2D eigenvalue weighted by atomic mass is 9.84. The molecule has 0 aliphatic rings. The Morgan fingerprint density at radius 3 is 1.39 bits per heavy atom. The minimum absolute atomic E-state index is 0.168. The van der Waals surface area contributed by atoms with Gasteiger partial charge in [-0.3, -0.25) is 28.8 Å². The minimum Gasteiger partial charge on any atom is -0.480 e. The van der Waals surface area contributed by atoms with Crippen molar-refractivity contribution >= 4 is 69.1 Å². The van der Waals surface area contributed by atoms with Crippen molar-refractivity contribution < 1.29 is 47.4 Å². The van der Waals surface area contributed by atoms with Crippen LogP contribution in [-0.4, -0.2) is 96.4 Å². The number of aryl methyl sites for hydroxylation is 1. The highest BCUT2D eigenvalue weighted by molar-refractivity contribution is 8.01. The van der Waals surface area contributed by atoms with E-state index >= 15 is 0 Å². The van der Waals surface area contributed by atoms with Gasteiger partial charge in [0, 0.05) is 12.2 Å². The van der Waals surface area contributed by atoms with Gasteiger partial charge in [-0.15, -0.1) is 23.5 Å². The average Bonchev–Trinajstić information content (AvgIpc) is 3.13. The van der Waals surface area contributed by atoms with Crippen LogP contribution in [0.3, 0.4) is 0 Å². The van der Waals surface area contributed by atoms with Crippen LogP contribution in [0.4, 0.5) is 0 Å². The molecular weight excluding hydrogens is 1130 g/mol. The molecule has 4 atom stereocenters. The van der Waals surface area contributed by atoms with Crippen LogP contribution in [-0.2, 0) is 48.3 Å². The summed E-state index contributed by atoms with van der Waals surface area (Å²) >= 11 is 3.05. The second kappa shape index (κ2) is 31.0. The van der Waals surface area contributed by atoms with Gasteiger partial charge in [0.2, 0.25) is 29.5 Å². The summed E-state index contributed by atoms with van der Waals surface area (Å²) in [7, 11) is -4.35. The molecule has 85 heavy (non-hydrogen) atoms. The molecule has 0 aliphatic carbocycles. The van der Waals surface area contributed by atoms with Crippen molar-refractivity contribution in [2.24, 2.45) is 5.92 Å². The van der Waals surface area contributed by atoms with Crippen LogP contribution in [0.5, 0.6) is 0 Å². The Hall–Kier alpha value is -8.29. The number of amides is 5. The quantitative estimate of drug-likeness (QED) is 0.0127. The molecule has 7 aromatic rings. The maximum absolute atomic E-state index is 14.9. The lowest BCUT2D eigenvalue weighted by molar-refractivity contribution is -0.139. The van der Waals surface area contributed by atoms with Crippen LogP contribution >= 0.6 is 23.5 Å². The molecule has 5 amide bonds. The zero-order valence-corrected chi connectivity index (χ0v) is 50.0. The van der Waals surface area contributed by atoms with Crippen molar-refractivity contribution in [1.29, 1.82) is 0 Å². The van der Waals surface area contributed by atoms with Gasteiger partial charge in [0.25, 0.3) is 10.0 Å². The van der Waals surface area contributed by atoms with E-state index in [9.17, 15) is 47.4 Å². The van der Waals surface area contributed by atoms with Crippen molar-refractivity contribution in [2.45, 2.75) is 85.1 Å². The first kappa shape index (κ1) is 64.3. The fourth-order valence-electron chi connectivity index (χ4n) is 9.83. The Balaban J connectivity index is 1.15. The van der Waals surface area contributed by atoms with E-state index < -0.39 is 111 Å². The monoisotopic (exact) mass is 1200 g/mol. The highest BCUT2D eigenvalue weighted by Crippen LogP contribution is 2.50. The number of carbonyl (C=O) groups excluding carboxylic acids is 5. The van der Waals surface area contributed by atoms with Gasteiger partial charge in [0.05, 0.1) is 26.9 Å². The number of hydrogen-bond donors (Lipinski definition) is 7. The van der Waals surface area contributed by atoms with E-state index in [1.54, 1.807) is 50.7 Å². The number of aliphatic hydroxyl groups excluding tert-OH is 1. The predicted molar refractivity (Wildman–Crippen MR) is 335 cm³/mol. The molecular formula is C67H71N5O10S3. The van der Waals surface area contributed by atoms with Crippen LogP contribution < -0.4 is 26.0 Å². The molecule has 18 heteroatoms. The van der Waals surface area contributed by atoms with Crippen molar-refractivity contribution in [2.75, 3.05) is 18.1 Å². The molecule has 0 fully saturated rings. The number of benzene rings is 7. The summed E-state index contributed by atoms with van der Waals surface area (Å²) in [5.41, 5.74) is 6.56. The van der Waals surface area contributed by atoms with Crippen LogP contribution in [0.2, 0.25) is 0 Å². The van der Waals surface area contributed by atoms with Crippen molar-refractivity contribution in [3.05, 3.63) is 257 Å². The van der Waals surface area contributed by atoms with E-state index in [1.165, 1.54) is 30.0 Å². The van der Waals surface area contributed by atoms with E-state index in [1.807, 2.05) is 150 Å². The maximum atomic E-state index is 14.9. The molecule has 7 aromatic carbocycles. The highest BCUT2D eigenvalue weighted by Gasteiger charge is 2.41. The summed E-state index contributed by atoms with van der Waals surface area (Å²) in [6.45, 7) is 4.38. The van der Waals surface area contributed by atoms with Crippen LogP contribution in [0.1, 0.15) is 78.5 Å². The molecule has 0 spiro atoms. The van der Waals surface area contributed by atoms with Crippen molar-refractivity contribution in [3.63, 3.8) is 0 Å². The van der Waals surface area contributed by atoms with E-state index in [2.05, 4.69) is 57.7 Å². The van der Waals surface area contributed by atoms with E-state index in [0.717, 1.165) is 38.9 Å². The number of nitrogens with one attached hydrogen (secondary N) is 5. The molecule has 15 nitrogen and oxygen atoms in total. The summed E-state index contributed by atoms with van der Waals surface area (Å²) < 4.78 is 27.1. The highest BCUT2D eigenvalue weighted by atomic mass is 32.2. The van der Waals surface area contributed by atoms with Gasteiger partial charge in [-0.2, -0.15) is 0 Å². The third kappa shape index (κ3) is 17.4. The number of thioether (sulfide) groups is 2. The number of aliphatic carboxylic acids is 1. The van der Waals surface area contributed by atoms with Gasteiger partial charge in [-0.1, -0.05) is 226 Å². The molecule has 4 unspecified atom stereocenters. The Morgan fingerprint density at radius 1 is 0.541 bits per heavy atom. The van der Waals surface area contributed by atoms with E-state index in [-0.39, 0.29) is 10.6 Å². The first-order valence-electron chi connectivity index (χ1n) is 27.9. The van der Waals surface area contributed by atoms with Gasteiger partial charge < -0.3 is 31.5 Å². The van der Waals surface area contributed by atoms with E-state index in [4.69, 9.17) is 0 Å². The molecule has 0 heterocycles. The molecule has 0 bridgehead atoms. The normalized spacial score (nSPS) is 13.2. The summed E-state index contributed by atoms with van der Waals surface area (Å²) in [5.74, 6) is -5.75. The molecule has 0 aliphatic heterocycles. The number of carboxylic acids is 1. The first-order chi connectivity index (χ1) is 40.9. The van der Waals surface area contributed by atoms with Gasteiger partial charge in [0.1, 0.15) is 24.7 Å². The number of rotatable bonds is 30. The Labute approximate surface area is 506 Å². The van der Waals surface area contributed by atoms with Crippen LogP contribution in [0.25, 0.3) is 0 Å². The number of carboxylic acid groups (broad SMARTS) is 1. The third-order valence-corrected chi connectivity index (χ3v) is 18.7. The van der Waals surface area contributed by atoms with Gasteiger partial charge in [-0.05, 0) is 76.9 Å². The van der Waals surface area contributed by atoms with Crippen molar-refractivity contribution in [3.8, 4) is 0 Å². The second-order valence-corrected chi connectivity index (χ2v) is 24.8. The number of allylic oxidation sites excluding steroid dienone is 1. The number of carbonyl (C=O) groups is 6. The van der Waals surface area contributed by atoms with E-state index in [0.29, 0.717) is 12.2 Å². The molecule has 7 N–H and O–H groups in total. The molecule has 0 saturated carbocycles. The van der Waals surface area contributed by atoms with Crippen LogP contribution in [0.15, 0.2) is 223 Å². The standard InChI is InChI=1S/C67H71N5O10S3/c1-47(2)62(65(80)68-45-61(76)77)71-64(79)58(46-84-67(52-30-16-7-17-31-52,53-32-18-8-19-33-53)54-34-20-9-21-35-54)70-63(78)57(41-42-59(74)72-85(81,82)56-39-37-48(3)38-40-56)69-60(75)44-55(73)36-22-23-43-83-66(49-24-10-4-11-25-49,50-26-12-5-13-27-50)51-28-14-6-15-29-51/h4-22,24-40,47,55,57-58,62,73H,23,41-46H2,1-3H3,(H,68,80)(H,69,75)(H,70,78)(H,71,79)(H,72,74)(H,76,77). The number of aliphatic hydroxyl groups is 1. The average molecular weight is 1200 g/mol. The van der Waals surface area contributed by atoms with Crippen LogP contribution in [0, 0.1) is 12.8 Å². The summed E-state index contributed by atoms with van der Waals surface area (Å²) in [5, 5.41) is 31.2. The summed E-state index contributed by atoms with van der Waals surface area (Å²) in [4.78, 5) is 82.2. The van der Waals surface area contributed by atoms with Gasteiger partial charge in [-0.25, -0.2) is 13.1 Å². The molecule has 0 aromatic heterocycles. The SMILES string of the molecule is Cc1ccc(S(=O)(=O)NC(=O)CCC(NC(=O)CC(O)C=CCCSC(c2ccccc2)(c2ccccc2)c2ccccc2)C(=O)NC(CSC(c2ccccc2)(c2ccccc2)c2ccccc2)C(=O)NC(C(=O)NCC(=O)O)C(C)C)cc1. The lowest BCUT2D eigenvalue weighted by Crippen LogP contribution is -2.59. The predicted octanol–water partition coefficient (Wildman–Crippen LogP) is 9.04. The largest absolute Gasteiger partial charge is 0.480 e. The fourth-order valence-corrected chi connectivity index (χ4v) is 13.9.